The highest BCUT2D eigenvalue weighted by molar-refractivity contribution is 6.32. The van der Waals surface area contributed by atoms with E-state index in [1.54, 1.807) is 6.07 Å². The molecule has 1 fully saturated rings. The second-order valence-electron chi connectivity index (χ2n) is 9.43. The second kappa shape index (κ2) is 7.43. The summed E-state index contributed by atoms with van der Waals surface area (Å²) in [6, 6.07) is 5.12. The van der Waals surface area contributed by atoms with Crippen LogP contribution in [0.15, 0.2) is 29.2 Å². The predicted molar refractivity (Wildman–Crippen MR) is 115 cm³/mol. The van der Waals surface area contributed by atoms with Crippen molar-refractivity contribution in [3.8, 4) is 17.0 Å². The topological polar surface area (TPSA) is 88.8 Å². The fourth-order valence-electron chi connectivity index (χ4n) is 4.41. The molecule has 30 heavy (non-hydrogen) atoms. The first-order valence-corrected chi connectivity index (χ1v) is 10.6. The first-order chi connectivity index (χ1) is 14.1. The Kier molecular flexibility index (Phi) is 5.19. The summed E-state index contributed by atoms with van der Waals surface area (Å²) < 4.78 is 7.98. The highest BCUT2D eigenvalue weighted by Gasteiger charge is 2.35. The summed E-state index contributed by atoms with van der Waals surface area (Å²) >= 11 is 6.52. The zero-order valence-corrected chi connectivity index (χ0v) is 18.1. The Bertz CT molecular complexity index is 1060. The van der Waals surface area contributed by atoms with Gasteiger partial charge in [0.25, 0.3) is 0 Å². The molecule has 0 bridgehead atoms. The van der Waals surface area contributed by atoms with Crippen molar-refractivity contribution in [2.24, 2.45) is 11.3 Å². The molecule has 2 aromatic rings. The number of hydrogen-bond acceptors (Lipinski definition) is 4. The van der Waals surface area contributed by atoms with Crippen LogP contribution in [0.5, 0.6) is 5.75 Å². The molecule has 1 aliphatic heterocycles. The molecule has 0 saturated heterocycles. The van der Waals surface area contributed by atoms with Crippen LogP contribution < -0.4 is 10.2 Å². The van der Waals surface area contributed by atoms with E-state index in [-0.39, 0.29) is 29.7 Å². The van der Waals surface area contributed by atoms with Crippen LogP contribution in [0.1, 0.15) is 55.6 Å². The lowest BCUT2D eigenvalue weighted by atomic mass is 9.78. The van der Waals surface area contributed by atoms with E-state index >= 15 is 0 Å². The van der Waals surface area contributed by atoms with E-state index in [0.29, 0.717) is 28.8 Å². The Morgan fingerprint density at radius 1 is 1.27 bits per heavy atom. The van der Waals surface area contributed by atoms with Crippen molar-refractivity contribution < 1.29 is 19.7 Å². The zero-order valence-electron chi connectivity index (χ0n) is 17.3. The van der Waals surface area contributed by atoms with Crippen LogP contribution in [-0.4, -0.2) is 33.5 Å². The van der Waals surface area contributed by atoms with Crippen molar-refractivity contribution in [3.63, 3.8) is 0 Å². The molecule has 2 aliphatic rings. The van der Waals surface area contributed by atoms with Crippen molar-refractivity contribution in [2.75, 3.05) is 6.61 Å². The molecule has 0 spiro atoms. The van der Waals surface area contributed by atoms with Gasteiger partial charge in [0.2, 0.25) is 0 Å². The molecule has 0 amide bonds. The number of rotatable bonds is 4. The van der Waals surface area contributed by atoms with Gasteiger partial charge in [-0.1, -0.05) is 32.4 Å². The Labute approximate surface area is 180 Å². The van der Waals surface area contributed by atoms with Gasteiger partial charge in [0, 0.05) is 30.5 Å². The molecule has 1 aliphatic carbocycles. The number of carboxylic acids is 1. The number of fused-ring (bicyclic) bond motifs is 3. The van der Waals surface area contributed by atoms with Gasteiger partial charge in [-0.3, -0.25) is 4.79 Å². The van der Waals surface area contributed by atoms with E-state index in [1.165, 1.54) is 12.3 Å². The van der Waals surface area contributed by atoms with Crippen LogP contribution in [0.2, 0.25) is 5.02 Å². The van der Waals surface area contributed by atoms with Gasteiger partial charge in [0.1, 0.15) is 11.3 Å². The molecular formula is C23H26ClNO5. The molecule has 2 heterocycles. The molecule has 1 atom stereocenters. The summed E-state index contributed by atoms with van der Waals surface area (Å²) in [6.45, 7) is 6.47. The molecule has 0 unspecified atom stereocenters. The number of aliphatic hydroxyl groups excluding tert-OH is 1. The third-order valence-corrected chi connectivity index (χ3v) is 6.53. The van der Waals surface area contributed by atoms with E-state index < -0.39 is 11.4 Å². The quantitative estimate of drug-likeness (QED) is 0.758. The summed E-state index contributed by atoms with van der Waals surface area (Å²) in [5.74, 6) is -0.321. The third kappa shape index (κ3) is 3.63. The average molecular weight is 432 g/mol. The predicted octanol–water partition coefficient (Wildman–Crippen LogP) is 4.16. The Hall–Kier alpha value is -2.31. The van der Waals surface area contributed by atoms with Crippen LogP contribution >= 0.6 is 11.6 Å². The maximum absolute atomic E-state index is 12.4. The first-order valence-electron chi connectivity index (χ1n) is 10.2. The van der Waals surface area contributed by atoms with Crippen molar-refractivity contribution >= 4 is 17.6 Å². The zero-order chi connectivity index (χ0) is 21.8. The molecular weight excluding hydrogens is 406 g/mol. The smallest absolute Gasteiger partial charge is 0.341 e. The van der Waals surface area contributed by atoms with Crippen molar-refractivity contribution in [1.29, 1.82) is 0 Å². The Balaban J connectivity index is 1.79. The summed E-state index contributed by atoms with van der Waals surface area (Å²) in [5.41, 5.74) is 1.60. The van der Waals surface area contributed by atoms with Gasteiger partial charge < -0.3 is 19.5 Å². The lowest BCUT2D eigenvalue weighted by molar-refractivity contribution is 0.0325. The van der Waals surface area contributed by atoms with E-state index in [4.69, 9.17) is 16.3 Å². The van der Waals surface area contributed by atoms with Gasteiger partial charge in [-0.25, -0.2) is 4.79 Å². The van der Waals surface area contributed by atoms with Crippen LogP contribution in [-0.2, 0) is 6.42 Å². The SMILES string of the molecule is CC(C)(C)[C@@H]1Cc2cc(OC3CC(CO)C3)c(Cl)cc2-c2cc(=O)c(C(=O)O)cn21. The number of aliphatic hydroxyl groups is 1. The number of pyridine rings is 1. The highest BCUT2D eigenvalue weighted by atomic mass is 35.5. The van der Waals surface area contributed by atoms with Crippen molar-refractivity contribution in [2.45, 2.75) is 52.2 Å². The minimum Gasteiger partial charge on any atom is -0.489 e. The number of aromatic nitrogens is 1. The Morgan fingerprint density at radius 3 is 2.57 bits per heavy atom. The van der Waals surface area contributed by atoms with E-state index in [2.05, 4.69) is 20.8 Å². The first kappa shape index (κ1) is 20.9. The van der Waals surface area contributed by atoms with Crippen molar-refractivity contribution in [1.82, 2.24) is 4.57 Å². The molecule has 2 N–H and O–H groups in total. The largest absolute Gasteiger partial charge is 0.489 e. The molecule has 160 valence electrons. The molecule has 6 nitrogen and oxygen atoms in total. The van der Waals surface area contributed by atoms with Gasteiger partial charge in [-0.15, -0.1) is 0 Å². The number of halogens is 1. The normalized spacial score (nSPS) is 22.6. The lowest BCUT2D eigenvalue weighted by Crippen LogP contribution is -2.36. The number of carboxylic acid groups (broad SMARTS) is 1. The Morgan fingerprint density at radius 2 is 1.97 bits per heavy atom. The van der Waals surface area contributed by atoms with Crippen LogP contribution in [0.4, 0.5) is 0 Å². The second-order valence-corrected chi connectivity index (χ2v) is 9.84. The molecule has 7 heteroatoms. The summed E-state index contributed by atoms with van der Waals surface area (Å²) in [5, 5.41) is 19.1. The standard InChI is InChI=1S/C23H26ClNO5/c1-23(2,3)21-7-13-6-20(30-14-4-12(5-14)11-26)17(24)8-15(13)18-9-19(27)16(22(28)29)10-25(18)21/h6,8-10,12,14,21,26H,4-5,7,11H2,1-3H3,(H,28,29)/t12?,14?,21-/m0/s1. The molecule has 1 saturated carbocycles. The number of ether oxygens (including phenoxy) is 1. The van der Waals surface area contributed by atoms with Gasteiger partial charge in [0.15, 0.2) is 5.43 Å². The maximum atomic E-state index is 12.4. The average Bonchev–Trinajstić information content (AvgIpc) is 2.62. The van der Waals surface area contributed by atoms with Crippen LogP contribution in [0.3, 0.4) is 0 Å². The molecule has 1 aromatic heterocycles. The minimum atomic E-state index is -1.22. The fourth-order valence-corrected chi connectivity index (χ4v) is 4.61. The number of aromatic carboxylic acids is 1. The number of benzene rings is 1. The van der Waals surface area contributed by atoms with E-state index in [0.717, 1.165) is 24.0 Å². The number of nitrogens with zero attached hydrogens (tertiary/aromatic N) is 1. The molecule has 0 radical (unpaired) electrons. The third-order valence-electron chi connectivity index (χ3n) is 6.24. The van der Waals surface area contributed by atoms with E-state index in [9.17, 15) is 19.8 Å². The number of carbonyl (C=O) groups is 1. The van der Waals surface area contributed by atoms with Gasteiger partial charge in [0.05, 0.1) is 16.8 Å². The van der Waals surface area contributed by atoms with Gasteiger partial charge in [-0.05, 0) is 48.3 Å². The fraction of sp³-hybridized carbons (Fsp3) is 0.478. The van der Waals surface area contributed by atoms with Crippen LogP contribution in [0, 0.1) is 11.3 Å². The van der Waals surface area contributed by atoms with Crippen molar-refractivity contribution in [3.05, 3.63) is 50.8 Å². The summed E-state index contributed by atoms with van der Waals surface area (Å²) in [6.07, 6.45) is 3.80. The lowest BCUT2D eigenvalue weighted by Gasteiger charge is -2.39. The monoisotopic (exact) mass is 431 g/mol. The summed E-state index contributed by atoms with van der Waals surface area (Å²) in [7, 11) is 0. The minimum absolute atomic E-state index is 0.0322. The van der Waals surface area contributed by atoms with Gasteiger partial charge in [-0.2, -0.15) is 0 Å². The van der Waals surface area contributed by atoms with Gasteiger partial charge >= 0.3 is 5.97 Å². The number of hydrogen-bond donors (Lipinski definition) is 2. The maximum Gasteiger partial charge on any atom is 0.341 e. The molecule has 1 aromatic carbocycles. The summed E-state index contributed by atoms with van der Waals surface area (Å²) in [4.78, 5) is 24.0. The molecule has 4 rings (SSSR count). The van der Waals surface area contributed by atoms with Crippen LogP contribution in [0.25, 0.3) is 11.3 Å². The van der Waals surface area contributed by atoms with E-state index in [1.807, 2.05) is 10.6 Å². The highest BCUT2D eigenvalue weighted by Crippen LogP contribution is 2.45.